The predicted octanol–water partition coefficient (Wildman–Crippen LogP) is 2.14. The zero-order valence-corrected chi connectivity index (χ0v) is 14.8. The van der Waals surface area contributed by atoms with E-state index in [-0.39, 0.29) is 23.8 Å². The summed E-state index contributed by atoms with van der Waals surface area (Å²) in [6.45, 7) is 4.89. The number of ether oxygens (including phenoxy) is 1. The van der Waals surface area contributed by atoms with Crippen molar-refractivity contribution in [1.82, 2.24) is 10.2 Å². The lowest BCUT2D eigenvalue weighted by Gasteiger charge is -2.59. The number of nitrogens with one attached hydrogen (secondary N) is 1. The van der Waals surface area contributed by atoms with Crippen LogP contribution >= 0.6 is 0 Å². The molecule has 3 rings (SSSR count). The monoisotopic (exact) mass is 349 g/mol. The lowest BCUT2D eigenvalue weighted by atomic mass is 9.72. The number of halogens is 1. The number of methoxy groups -OCH3 is 1. The van der Waals surface area contributed by atoms with Crippen LogP contribution in [0.4, 0.5) is 14.9 Å². The minimum absolute atomic E-state index is 0.0733. The number of anilines is 1. The molecule has 6 nitrogen and oxygen atoms in total. The van der Waals surface area contributed by atoms with E-state index in [2.05, 4.69) is 5.32 Å². The van der Waals surface area contributed by atoms with Crippen LogP contribution in [0, 0.1) is 5.82 Å². The van der Waals surface area contributed by atoms with E-state index in [1.54, 1.807) is 21.9 Å². The third kappa shape index (κ3) is 2.97. The van der Waals surface area contributed by atoms with E-state index in [0.717, 1.165) is 0 Å². The summed E-state index contributed by atoms with van der Waals surface area (Å²) in [7, 11) is 1.52. The van der Waals surface area contributed by atoms with E-state index in [9.17, 15) is 14.0 Å². The lowest BCUT2D eigenvalue weighted by Crippen LogP contribution is -2.78. The molecule has 0 saturated carbocycles. The van der Waals surface area contributed by atoms with Crippen molar-refractivity contribution in [2.45, 2.75) is 44.4 Å². The number of carbonyl (C=O) groups excluding carboxylic acids is 2. The molecule has 0 aliphatic carbocycles. The van der Waals surface area contributed by atoms with Gasteiger partial charge < -0.3 is 19.9 Å². The summed E-state index contributed by atoms with van der Waals surface area (Å²) in [6.07, 6.45) is 0.643. The molecule has 1 spiro atoms. The molecular weight excluding hydrogens is 325 g/mol. The van der Waals surface area contributed by atoms with E-state index in [0.29, 0.717) is 31.6 Å². The van der Waals surface area contributed by atoms with Gasteiger partial charge in [-0.05, 0) is 44.9 Å². The number of nitrogens with zero attached hydrogens (tertiary/aromatic N) is 2. The number of hydrogen-bond acceptors (Lipinski definition) is 3. The summed E-state index contributed by atoms with van der Waals surface area (Å²) in [5.74, 6) is -0.539. The second-order valence-corrected chi connectivity index (χ2v) is 6.96. The van der Waals surface area contributed by atoms with E-state index in [1.165, 1.54) is 19.2 Å². The number of carbonyl (C=O) groups is 2. The van der Waals surface area contributed by atoms with Crippen LogP contribution in [-0.4, -0.2) is 54.7 Å². The Morgan fingerprint density at radius 3 is 2.60 bits per heavy atom. The van der Waals surface area contributed by atoms with E-state index in [4.69, 9.17) is 4.74 Å². The summed E-state index contributed by atoms with van der Waals surface area (Å²) in [5.41, 5.74) is 0.0206. The van der Waals surface area contributed by atoms with E-state index >= 15 is 0 Å². The van der Waals surface area contributed by atoms with Crippen molar-refractivity contribution < 1.29 is 18.7 Å². The molecule has 2 fully saturated rings. The maximum atomic E-state index is 13.6. The molecule has 1 atom stereocenters. The molecule has 0 radical (unpaired) electrons. The Labute approximate surface area is 146 Å². The summed E-state index contributed by atoms with van der Waals surface area (Å²) in [6, 6.07) is 6.02. The number of benzene rings is 1. The van der Waals surface area contributed by atoms with Gasteiger partial charge in [-0.1, -0.05) is 6.07 Å². The molecular formula is C18H24FN3O3. The first-order chi connectivity index (χ1) is 11.9. The fraction of sp³-hybridized carbons (Fsp3) is 0.556. The number of urea groups is 1. The second kappa shape index (κ2) is 6.63. The fourth-order valence-electron chi connectivity index (χ4n) is 3.86. The van der Waals surface area contributed by atoms with Crippen LogP contribution in [0.15, 0.2) is 24.3 Å². The SMILES string of the molecule is COC1C(=O)N(c2cccc(F)c2)C12CCN(C(=O)NC(C)C)CC2. The average Bonchev–Trinajstić information content (AvgIpc) is 2.55. The largest absolute Gasteiger partial charge is 0.369 e. The molecule has 7 heteroatoms. The number of amides is 3. The Bertz CT molecular complexity index is 671. The van der Waals surface area contributed by atoms with E-state index in [1.807, 2.05) is 13.8 Å². The van der Waals surface area contributed by atoms with Gasteiger partial charge in [0.15, 0.2) is 6.10 Å². The average molecular weight is 349 g/mol. The van der Waals surface area contributed by atoms with Gasteiger partial charge in [0, 0.05) is 31.9 Å². The normalized spacial score (nSPS) is 22.3. The van der Waals surface area contributed by atoms with Gasteiger partial charge in [0.05, 0.1) is 5.54 Å². The van der Waals surface area contributed by atoms with Crippen molar-refractivity contribution in [3.05, 3.63) is 30.1 Å². The highest BCUT2D eigenvalue weighted by molar-refractivity contribution is 6.06. The molecule has 1 unspecified atom stereocenters. The Kier molecular flexibility index (Phi) is 4.69. The lowest BCUT2D eigenvalue weighted by molar-refractivity contribution is -0.150. The molecule has 3 amide bonds. The van der Waals surface area contributed by atoms with Gasteiger partial charge in [0.2, 0.25) is 0 Å². The van der Waals surface area contributed by atoms with Gasteiger partial charge in [-0.15, -0.1) is 0 Å². The number of rotatable bonds is 3. The first-order valence-electron chi connectivity index (χ1n) is 8.57. The summed E-state index contributed by atoms with van der Waals surface area (Å²) < 4.78 is 19.0. The first-order valence-corrected chi connectivity index (χ1v) is 8.57. The van der Waals surface area contributed by atoms with Crippen molar-refractivity contribution in [3.8, 4) is 0 Å². The predicted molar refractivity (Wildman–Crippen MR) is 91.9 cm³/mol. The molecule has 25 heavy (non-hydrogen) atoms. The van der Waals surface area contributed by atoms with Crippen LogP contribution < -0.4 is 10.2 Å². The molecule has 2 aliphatic heterocycles. The summed E-state index contributed by atoms with van der Waals surface area (Å²) in [5, 5.41) is 2.89. The Balaban J connectivity index is 1.79. The Morgan fingerprint density at radius 1 is 1.36 bits per heavy atom. The van der Waals surface area contributed by atoms with Gasteiger partial charge >= 0.3 is 6.03 Å². The highest BCUT2D eigenvalue weighted by Gasteiger charge is 2.62. The quantitative estimate of drug-likeness (QED) is 0.851. The first kappa shape index (κ1) is 17.7. The fourth-order valence-corrected chi connectivity index (χ4v) is 3.86. The maximum absolute atomic E-state index is 13.6. The van der Waals surface area contributed by atoms with Crippen LogP contribution in [0.3, 0.4) is 0 Å². The molecule has 136 valence electrons. The van der Waals surface area contributed by atoms with Crippen LogP contribution in [0.1, 0.15) is 26.7 Å². The van der Waals surface area contributed by atoms with Crippen molar-refractivity contribution in [2.75, 3.05) is 25.1 Å². The topological polar surface area (TPSA) is 61.9 Å². The minimum Gasteiger partial charge on any atom is -0.369 e. The highest BCUT2D eigenvalue weighted by Crippen LogP contribution is 2.45. The molecule has 0 aromatic heterocycles. The Morgan fingerprint density at radius 2 is 2.04 bits per heavy atom. The summed E-state index contributed by atoms with van der Waals surface area (Å²) in [4.78, 5) is 28.1. The zero-order valence-electron chi connectivity index (χ0n) is 14.8. The van der Waals surface area contributed by atoms with Crippen molar-refractivity contribution in [1.29, 1.82) is 0 Å². The van der Waals surface area contributed by atoms with Crippen molar-refractivity contribution in [2.24, 2.45) is 0 Å². The van der Waals surface area contributed by atoms with Crippen molar-refractivity contribution >= 4 is 17.6 Å². The van der Waals surface area contributed by atoms with Crippen LogP contribution in [0.2, 0.25) is 0 Å². The highest BCUT2D eigenvalue weighted by atomic mass is 19.1. The molecule has 1 aromatic rings. The third-order valence-corrected chi connectivity index (χ3v) is 5.01. The standard InChI is InChI=1S/C18H24FN3O3/c1-12(2)20-17(24)21-9-7-18(8-10-21)15(25-3)16(23)22(18)14-6-4-5-13(19)11-14/h4-6,11-12,15H,7-10H2,1-3H3,(H,20,24). The van der Waals surface area contributed by atoms with E-state index < -0.39 is 11.6 Å². The molecule has 2 heterocycles. The number of β-lactam (4-membered cyclic amide) rings is 1. The number of likely N-dealkylation sites (tertiary alicyclic amines) is 1. The molecule has 0 bridgehead atoms. The number of piperidine rings is 1. The summed E-state index contributed by atoms with van der Waals surface area (Å²) >= 11 is 0. The van der Waals surface area contributed by atoms with Crippen LogP contribution in [-0.2, 0) is 9.53 Å². The smallest absolute Gasteiger partial charge is 0.317 e. The van der Waals surface area contributed by atoms with Gasteiger partial charge in [0.1, 0.15) is 5.82 Å². The van der Waals surface area contributed by atoms with Crippen LogP contribution in [0.5, 0.6) is 0 Å². The molecule has 1 N–H and O–H groups in total. The molecule has 2 aliphatic rings. The Hall–Kier alpha value is -2.15. The molecule has 1 aromatic carbocycles. The minimum atomic E-state index is -0.550. The third-order valence-electron chi connectivity index (χ3n) is 5.01. The number of hydrogen-bond donors (Lipinski definition) is 1. The van der Waals surface area contributed by atoms with Crippen LogP contribution in [0.25, 0.3) is 0 Å². The second-order valence-electron chi connectivity index (χ2n) is 6.96. The van der Waals surface area contributed by atoms with Crippen molar-refractivity contribution in [3.63, 3.8) is 0 Å². The van der Waals surface area contributed by atoms with Gasteiger partial charge in [-0.3, -0.25) is 4.79 Å². The zero-order chi connectivity index (χ0) is 18.2. The maximum Gasteiger partial charge on any atom is 0.317 e. The van der Waals surface area contributed by atoms with Gasteiger partial charge in [-0.25, -0.2) is 9.18 Å². The van der Waals surface area contributed by atoms with Gasteiger partial charge in [-0.2, -0.15) is 0 Å². The molecule has 2 saturated heterocycles. The van der Waals surface area contributed by atoms with Gasteiger partial charge in [0.25, 0.3) is 5.91 Å².